The summed E-state index contributed by atoms with van der Waals surface area (Å²) in [5.74, 6) is 0.886. The van der Waals surface area contributed by atoms with Gasteiger partial charge in [0.05, 0.1) is 10.7 Å². The van der Waals surface area contributed by atoms with Crippen LogP contribution in [0.5, 0.6) is 0 Å². The summed E-state index contributed by atoms with van der Waals surface area (Å²) in [6.45, 7) is 11.9. The number of thiazole rings is 1. The lowest BCUT2D eigenvalue weighted by molar-refractivity contribution is 0.115. The van der Waals surface area contributed by atoms with Gasteiger partial charge in [0.15, 0.2) is 5.96 Å². The van der Waals surface area contributed by atoms with Crippen molar-refractivity contribution in [3.8, 4) is 0 Å². The quantitative estimate of drug-likeness (QED) is 0.374. The van der Waals surface area contributed by atoms with Crippen LogP contribution in [0.4, 0.5) is 0 Å². The van der Waals surface area contributed by atoms with E-state index in [4.69, 9.17) is 0 Å². The van der Waals surface area contributed by atoms with E-state index in [1.54, 1.807) is 11.3 Å². The van der Waals surface area contributed by atoms with Crippen LogP contribution in [0.3, 0.4) is 0 Å². The van der Waals surface area contributed by atoms with Gasteiger partial charge in [-0.15, -0.1) is 35.3 Å². The smallest absolute Gasteiger partial charge is 0.191 e. The summed E-state index contributed by atoms with van der Waals surface area (Å²) >= 11 is 1.79. The number of guanidine groups is 1. The van der Waals surface area contributed by atoms with E-state index in [1.165, 1.54) is 35.7 Å². The summed E-state index contributed by atoms with van der Waals surface area (Å²) in [7, 11) is 1.83. The summed E-state index contributed by atoms with van der Waals surface area (Å²) < 4.78 is 0. The molecule has 144 valence electrons. The third-order valence-electron chi connectivity index (χ3n) is 4.91. The van der Waals surface area contributed by atoms with Gasteiger partial charge >= 0.3 is 0 Å². The van der Waals surface area contributed by atoms with E-state index in [-0.39, 0.29) is 24.0 Å². The molecule has 2 heterocycles. The zero-order valence-electron chi connectivity index (χ0n) is 16.3. The number of hydrogen-bond acceptors (Lipinski definition) is 4. The maximum Gasteiger partial charge on any atom is 0.191 e. The molecule has 2 N–H and O–H groups in total. The molecule has 25 heavy (non-hydrogen) atoms. The number of rotatable bonds is 6. The minimum Gasteiger partial charge on any atom is -0.356 e. The summed E-state index contributed by atoms with van der Waals surface area (Å²) in [5, 5.41) is 8.07. The van der Waals surface area contributed by atoms with Crippen molar-refractivity contribution in [3.05, 3.63) is 15.6 Å². The molecule has 1 aliphatic heterocycles. The monoisotopic (exact) mass is 479 g/mol. The fourth-order valence-corrected chi connectivity index (χ4v) is 4.22. The average molecular weight is 479 g/mol. The Hall–Kier alpha value is -0.410. The van der Waals surface area contributed by atoms with Crippen LogP contribution < -0.4 is 10.6 Å². The molecule has 0 radical (unpaired) electrons. The molecule has 1 saturated heterocycles. The first kappa shape index (κ1) is 22.6. The third kappa shape index (κ3) is 7.02. The fraction of sp³-hybridized carbons (Fsp3) is 0.778. The molecule has 0 amide bonds. The summed E-state index contributed by atoms with van der Waals surface area (Å²) in [6.07, 6.45) is 4.97. The topological polar surface area (TPSA) is 52.6 Å². The Morgan fingerprint density at radius 1 is 1.36 bits per heavy atom. The molecule has 0 saturated carbocycles. The van der Waals surface area contributed by atoms with Crippen LogP contribution in [-0.4, -0.2) is 54.6 Å². The molecule has 2 unspecified atom stereocenters. The van der Waals surface area contributed by atoms with Gasteiger partial charge in [-0.3, -0.25) is 9.89 Å². The molecule has 0 aromatic carbocycles. The minimum absolute atomic E-state index is 0. The van der Waals surface area contributed by atoms with Crippen molar-refractivity contribution in [2.45, 2.75) is 65.5 Å². The third-order valence-corrected chi connectivity index (χ3v) is 6.05. The van der Waals surface area contributed by atoms with Crippen molar-refractivity contribution >= 4 is 41.3 Å². The summed E-state index contributed by atoms with van der Waals surface area (Å²) in [6, 6.07) is 1.23. The van der Waals surface area contributed by atoms with E-state index in [0.717, 1.165) is 31.2 Å². The van der Waals surface area contributed by atoms with Gasteiger partial charge in [-0.05, 0) is 47.1 Å². The number of halogens is 1. The second-order valence-electron chi connectivity index (χ2n) is 6.81. The van der Waals surface area contributed by atoms with Crippen molar-refractivity contribution in [2.75, 3.05) is 26.7 Å². The molecule has 1 aromatic rings. The van der Waals surface area contributed by atoms with Crippen LogP contribution in [0, 0.1) is 13.8 Å². The highest BCUT2D eigenvalue weighted by molar-refractivity contribution is 14.0. The Kier molecular flexibility index (Phi) is 10.3. The normalized spacial score (nSPS) is 20.0. The zero-order valence-corrected chi connectivity index (χ0v) is 19.4. The zero-order chi connectivity index (χ0) is 17.5. The lowest BCUT2D eigenvalue weighted by Crippen LogP contribution is -2.50. The Labute approximate surface area is 174 Å². The van der Waals surface area contributed by atoms with Gasteiger partial charge in [0.25, 0.3) is 0 Å². The molecule has 1 aromatic heterocycles. The first-order valence-electron chi connectivity index (χ1n) is 9.14. The molecule has 0 aliphatic carbocycles. The van der Waals surface area contributed by atoms with E-state index < -0.39 is 0 Å². The van der Waals surface area contributed by atoms with E-state index in [1.807, 2.05) is 7.05 Å². The van der Waals surface area contributed by atoms with Crippen LogP contribution in [0.1, 0.15) is 48.7 Å². The van der Waals surface area contributed by atoms with Crippen LogP contribution in [-0.2, 0) is 6.42 Å². The van der Waals surface area contributed by atoms with Crippen molar-refractivity contribution in [1.29, 1.82) is 0 Å². The largest absolute Gasteiger partial charge is 0.356 e. The van der Waals surface area contributed by atoms with Crippen molar-refractivity contribution < 1.29 is 0 Å². The first-order chi connectivity index (χ1) is 11.5. The summed E-state index contributed by atoms with van der Waals surface area (Å²) in [4.78, 5) is 12.9. The van der Waals surface area contributed by atoms with Crippen LogP contribution in [0.15, 0.2) is 4.99 Å². The van der Waals surface area contributed by atoms with Crippen molar-refractivity contribution in [3.63, 3.8) is 0 Å². The molecule has 0 bridgehead atoms. The Bertz CT molecular complexity index is 526. The number of piperidine rings is 1. The molecule has 1 fully saturated rings. The molecular formula is C18H34IN5S. The number of hydrogen-bond donors (Lipinski definition) is 2. The Morgan fingerprint density at radius 3 is 2.72 bits per heavy atom. The second-order valence-corrected chi connectivity index (χ2v) is 8.10. The van der Waals surface area contributed by atoms with E-state index in [2.05, 4.69) is 53.2 Å². The lowest BCUT2D eigenvalue weighted by atomic mass is 10.0. The number of nitrogens with zero attached hydrogens (tertiary/aromatic N) is 3. The van der Waals surface area contributed by atoms with Gasteiger partial charge in [0.1, 0.15) is 0 Å². The van der Waals surface area contributed by atoms with Crippen LogP contribution >= 0.6 is 35.3 Å². The van der Waals surface area contributed by atoms with Crippen LogP contribution in [0.2, 0.25) is 0 Å². The highest BCUT2D eigenvalue weighted by atomic mass is 127. The average Bonchev–Trinajstić information content (AvgIpc) is 2.89. The molecule has 1 aliphatic rings. The molecule has 2 rings (SSSR count). The predicted molar refractivity (Wildman–Crippen MR) is 120 cm³/mol. The lowest BCUT2D eigenvalue weighted by Gasteiger charge is -2.38. The Balaban J connectivity index is 0.00000312. The second kappa shape index (κ2) is 11.3. The van der Waals surface area contributed by atoms with Gasteiger partial charge < -0.3 is 10.6 Å². The van der Waals surface area contributed by atoms with Gasteiger partial charge in [-0.25, -0.2) is 4.98 Å². The van der Waals surface area contributed by atoms with Gasteiger partial charge in [-0.2, -0.15) is 0 Å². The number of aryl methyl sites for hydroxylation is 2. The maximum absolute atomic E-state index is 4.59. The summed E-state index contributed by atoms with van der Waals surface area (Å²) in [5.41, 5.74) is 1.15. The highest BCUT2D eigenvalue weighted by Gasteiger charge is 2.22. The van der Waals surface area contributed by atoms with Crippen LogP contribution in [0.25, 0.3) is 0 Å². The molecule has 2 atom stereocenters. The van der Waals surface area contributed by atoms with Gasteiger partial charge in [0.2, 0.25) is 0 Å². The molecule has 5 nitrogen and oxygen atoms in total. The Morgan fingerprint density at radius 2 is 2.12 bits per heavy atom. The van der Waals surface area contributed by atoms with Gasteiger partial charge in [0, 0.05) is 43.5 Å². The molecule has 7 heteroatoms. The maximum atomic E-state index is 4.59. The number of likely N-dealkylation sites (tertiary alicyclic amines) is 1. The molecular weight excluding hydrogens is 445 g/mol. The minimum atomic E-state index is 0. The number of aromatic nitrogens is 1. The standard InChI is InChI=1S/C18H33N5S.HI/c1-13-8-6-7-11-23(13)14(2)12-21-18(19-5)20-10-9-17-22-15(3)16(4)24-17;/h13-14H,6-12H2,1-5H3,(H2,19,20,21);1H. The SMILES string of the molecule is CN=C(NCCc1nc(C)c(C)s1)NCC(C)N1CCCCC1C.I. The van der Waals surface area contributed by atoms with Gasteiger partial charge in [-0.1, -0.05) is 6.42 Å². The molecule has 0 spiro atoms. The number of nitrogens with one attached hydrogen (secondary N) is 2. The van der Waals surface area contributed by atoms with E-state index in [0.29, 0.717) is 12.1 Å². The van der Waals surface area contributed by atoms with E-state index in [9.17, 15) is 0 Å². The number of aliphatic imine (C=N–C) groups is 1. The highest BCUT2D eigenvalue weighted by Crippen LogP contribution is 2.18. The predicted octanol–water partition coefficient (Wildman–Crippen LogP) is 3.35. The van der Waals surface area contributed by atoms with Crippen molar-refractivity contribution in [1.82, 2.24) is 20.5 Å². The van der Waals surface area contributed by atoms with E-state index >= 15 is 0 Å². The first-order valence-corrected chi connectivity index (χ1v) is 9.96. The van der Waals surface area contributed by atoms with Crippen molar-refractivity contribution in [2.24, 2.45) is 4.99 Å². The fourth-order valence-electron chi connectivity index (χ4n) is 3.29.